The molecule has 1 aromatic carbocycles. The Bertz CT molecular complexity index is 505. The molecular weight excluding hydrogens is 254 g/mol. The lowest BCUT2D eigenvalue weighted by Crippen LogP contribution is -2.02. The highest BCUT2D eigenvalue weighted by Gasteiger charge is 2.03. The van der Waals surface area contributed by atoms with E-state index in [0.717, 1.165) is 21.4 Å². The largest absolute Gasteiger partial charge is 0.325 e. The number of aromatic nitrogens is 2. The lowest BCUT2D eigenvalue weighted by atomic mass is 10.4. The summed E-state index contributed by atoms with van der Waals surface area (Å²) in [6.07, 6.45) is 1.73. The number of rotatable bonds is 4. The second kappa shape index (κ2) is 6.00. The van der Waals surface area contributed by atoms with Crippen LogP contribution in [0.15, 0.2) is 41.4 Å². The van der Waals surface area contributed by atoms with E-state index in [1.165, 1.54) is 0 Å². The van der Waals surface area contributed by atoms with Crippen LogP contribution in [0.4, 0.5) is 0 Å². The number of hydrogen-bond acceptors (Lipinski definition) is 4. The normalized spacial score (nSPS) is 10.5. The second-order valence-corrected chi connectivity index (χ2v) is 4.81. The molecule has 2 aromatic rings. The van der Waals surface area contributed by atoms with Gasteiger partial charge in [-0.05, 0) is 18.2 Å². The Morgan fingerprint density at radius 3 is 2.82 bits per heavy atom. The third kappa shape index (κ3) is 3.43. The maximum atomic E-state index is 6.07. The number of thioether (sulfide) groups is 1. The van der Waals surface area contributed by atoms with Crippen LogP contribution in [0.3, 0.4) is 0 Å². The van der Waals surface area contributed by atoms with Crippen LogP contribution in [0.1, 0.15) is 11.5 Å². The van der Waals surface area contributed by atoms with Crippen LogP contribution in [0.2, 0.25) is 5.02 Å². The van der Waals surface area contributed by atoms with Gasteiger partial charge in [-0.3, -0.25) is 0 Å². The van der Waals surface area contributed by atoms with Gasteiger partial charge in [-0.15, -0.1) is 11.8 Å². The Balaban J connectivity index is 2.05. The second-order valence-electron chi connectivity index (χ2n) is 3.39. The van der Waals surface area contributed by atoms with Crippen molar-refractivity contribution < 1.29 is 0 Å². The molecular formula is C12H12ClN3S. The molecule has 3 nitrogen and oxygen atoms in total. The molecule has 17 heavy (non-hydrogen) atoms. The molecule has 1 heterocycles. The third-order valence-electron chi connectivity index (χ3n) is 2.17. The summed E-state index contributed by atoms with van der Waals surface area (Å²) in [6.45, 7) is 0.437. The Kier molecular flexibility index (Phi) is 4.36. The molecule has 5 heteroatoms. The van der Waals surface area contributed by atoms with E-state index in [-0.39, 0.29) is 0 Å². The van der Waals surface area contributed by atoms with Gasteiger partial charge < -0.3 is 5.73 Å². The van der Waals surface area contributed by atoms with Crippen LogP contribution in [0.25, 0.3) is 0 Å². The summed E-state index contributed by atoms with van der Waals surface area (Å²) < 4.78 is 0. The van der Waals surface area contributed by atoms with E-state index < -0.39 is 0 Å². The van der Waals surface area contributed by atoms with Crippen LogP contribution in [-0.2, 0) is 12.3 Å². The molecule has 0 unspecified atom stereocenters. The molecule has 0 bridgehead atoms. The molecule has 0 atom stereocenters. The standard InChI is InChI=1S/C12H12ClN3S/c13-10-3-1-2-4-11(10)17-8-12-15-6-5-9(7-14)16-12/h1-6H,7-8,14H2. The van der Waals surface area contributed by atoms with Gasteiger partial charge in [-0.25, -0.2) is 9.97 Å². The van der Waals surface area contributed by atoms with E-state index in [4.69, 9.17) is 17.3 Å². The molecule has 0 spiro atoms. The lowest BCUT2D eigenvalue weighted by Gasteiger charge is -2.03. The molecule has 1 aromatic heterocycles. The monoisotopic (exact) mass is 265 g/mol. The fraction of sp³-hybridized carbons (Fsp3) is 0.167. The minimum atomic E-state index is 0.437. The van der Waals surface area contributed by atoms with Gasteiger partial charge in [0.2, 0.25) is 0 Å². The quantitative estimate of drug-likeness (QED) is 0.864. The van der Waals surface area contributed by atoms with Crippen molar-refractivity contribution in [1.29, 1.82) is 0 Å². The predicted molar refractivity (Wildman–Crippen MR) is 70.9 cm³/mol. The summed E-state index contributed by atoms with van der Waals surface area (Å²) >= 11 is 7.69. The zero-order valence-corrected chi connectivity index (χ0v) is 10.7. The minimum Gasteiger partial charge on any atom is -0.325 e. The molecule has 2 rings (SSSR count). The van der Waals surface area contributed by atoms with E-state index in [2.05, 4.69) is 9.97 Å². The predicted octanol–water partition coefficient (Wildman–Crippen LogP) is 2.88. The fourth-order valence-corrected chi connectivity index (χ4v) is 2.43. The number of halogens is 1. The Labute approximate surface area is 109 Å². The number of nitrogens with two attached hydrogens (primary N) is 1. The fourth-order valence-electron chi connectivity index (χ4n) is 1.33. The van der Waals surface area contributed by atoms with Crippen LogP contribution in [-0.4, -0.2) is 9.97 Å². The van der Waals surface area contributed by atoms with Crippen molar-refractivity contribution in [2.24, 2.45) is 5.73 Å². The summed E-state index contributed by atoms with van der Waals surface area (Å²) in [7, 11) is 0. The van der Waals surface area contributed by atoms with Crippen molar-refractivity contribution >= 4 is 23.4 Å². The van der Waals surface area contributed by atoms with E-state index >= 15 is 0 Å². The van der Waals surface area contributed by atoms with Gasteiger partial charge in [0.05, 0.1) is 16.5 Å². The smallest absolute Gasteiger partial charge is 0.138 e. The summed E-state index contributed by atoms with van der Waals surface area (Å²) in [5, 5.41) is 0.757. The van der Waals surface area contributed by atoms with E-state index in [0.29, 0.717) is 12.3 Å². The highest BCUT2D eigenvalue weighted by atomic mass is 35.5. The van der Waals surface area contributed by atoms with Gasteiger partial charge in [0, 0.05) is 17.6 Å². The topological polar surface area (TPSA) is 51.8 Å². The average Bonchev–Trinajstić information content (AvgIpc) is 2.38. The molecule has 0 radical (unpaired) electrons. The number of nitrogens with zero attached hydrogens (tertiary/aromatic N) is 2. The molecule has 0 aliphatic rings. The van der Waals surface area contributed by atoms with Crippen molar-refractivity contribution in [3.05, 3.63) is 53.1 Å². The molecule has 88 valence electrons. The summed E-state index contributed by atoms with van der Waals surface area (Å²) in [5.41, 5.74) is 6.39. The average molecular weight is 266 g/mol. The van der Waals surface area contributed by atoms with Crippen molar-refractivity contribution in [1.82, 2.24) is 9.97 Å². The Morgan fingerprint density at radius 1 is 1.24 bits per heavy atom. The first-order valence-electron chi connectivity index (χ1n) is 5.18. The maximum Gasteiger partial charge on any atom is 0.138 e. The van der Waals surface area contributed by atoms with Crippen molar-refractivity contribution in [3.8, 4) is 0 Å². The molecule has 0 fully saturated rings. The zero-order valence-electron chi connectivity index (χ0n) is 9.14. The minimum absolute atomic E-state index is 0.437. The van der Waals surface area contributed by atoms with Gasteiger partial charge >= 0.3 is 0 Å². The summed E-state index contributed by atoms with van der Waals surface area (Å²) in [5.74, 6) is 1.47. The number of benzene rings is 1. The SMILES string of the molecule is NCc1ccnc(CSc2ccccc2Cl)n1. The van der Waals surface area contributed by atoms with Crippen molar-refractivity contribution in [2.45, 2.75) is 17.2 Å². The maximum absolute atomic E-state index is 6.07. The molecule has 0 aliphatic heterocycles. The number of hydrogen-bond donors (Lipinski definition) is 1. The van der Waals surface area contributed by atoms with E-state index in [1.807, 2.05) is 30.3 Å². The van der Waals surface area contributed by atoms with Gasteiger partial charge in [-0.1, -0.05) is 23.7 Å². The first-order chi connectivity index (χ1) is 8.29. The first kappa shape index (κ1) is 12.4. The van der Waals surface area contributed by atoms with Crippen molar-refractivity contribution in [3.63, 3.8) is 0 Å². The Hall–Kier alpha value is -1.10. The van der Waals surface area contributed by atoms with Crippen LogP contribution >= 0.6 is 23.4 Å². The highest BCUT2D eigenvalue weighted by Crippen LogP contribution is 2.28. The molecule has 0 saturated heterocycles. The van der Waals surface area contributed by atoms with Crippen LogP contribution in [0, 0.1) is 0 Å². The zero-order chi connectivity index (χ0) is 12.1. The molecule has 0 aliphatic carbocycles. The molecule has 2 N–H and O–H groups in total. The summed E-state index contributed by atoms with van der Waals surface area (Å²) in [4.78, 5) is 9.58. The first-order valence-corrected chi connectivity index (χ1v) is 6.54. The molecule has 0 amide bonds. The van der Waals surface area contributed by atoms with Gasteiger partial charge in [0.25, 0.3) is 0 Å². The van der Waals surface area contributed by atoms with Gasteiger partial charge in [0.1, 0.15) is 5.82 Å². The molecule has 0 saturated carbocycles. The van der Waals surface area contributed by atoms with Gasteiger partial charge in [-0.2, -0.15) is 0 Å². The van der Waals surface area contributed by atoms with E-state index in [9.17, 15) is 0 Å². The third-order valence-corrected chi connectivity index (χ3v) is 3.68. The van der Waals surface area contributed by atoms with Crippen LogP contribution in [0.5, 0.6) is 0 Å². The van der Waals surface area contributed by atoms with Crippen LogP contribution < -0.4 is 5.73 Å². The van der Waals surface area contributed by atoms with Crippen molar-refractivity contribution in [2.75, 3.05) is 0 Å². The lowest BCUT2D eigenvalue weighted by molar-refractivity contribution is 0.918. The van der Waals surface area contributed by atoms with Gasteiger partial charge in [0.15, 0.2) is 0 Å². The Morgan fingerprint density at radius 2 is 2.06 bits per heavy atom. The summed E-state index contributed by atoms with van der Waals surface area (Å²) in [6, 6.07) is 9.56. The highest BCUT2D eigenvalue weighted by molar-refractivity contribution is 7.98. The van der Waals surface area contributed by atoms with E-state index in [1.54, 1.807) is 18.0 Å².